The van der Waals surface area contributed by atoms with Crippen molar-refractivity contribution in [2.45, 2.75) is 25.8 Å². The highest BCUT2D eigenvalue weighted by molar-refractivity contribution is 6.33. The number of amides is 2. The van der Waals surface area contributed by atoms with Gasteiger partial charge in [-0.2, -0.15) is 0 Å². The average molecular weight is 449 g/mol. The Hall–Kier alpha value is -3.13. The third-order valence-corrected chi connectivity index (χ3v) is 5.19. The summed E-state index contributed by atoms with van der Waals surface area (Å²) in [6.45, 7) is 2.76. The molecule has 2 amide bonds. The summed E-state index contributed by atoms with van der Waals surface area (Å²) in [6.07, 6.45) is 0.267. The topological polar surface area (TPSA) is 84.9 Å². The third kappa shape index (κ3) is 5.73. The zero-order valence-corrected chi connectivity index (χ0v) is 17.7. The Balaban J connectivity index is 1.53. The summed E-state index contributed by atoms with van der Waals surface area (Å²) < 4.78 is 23.6. The third-order valence-electron chi connectivity index (χ3n) is 4.87. The fourth-order valence-corrected chi connectivity index (χ4v) is 3.54. The number of hydrogen-bond acceptors (Lipinski definition) is 5. The second-order valence-corrected chi connectivity index (χ2v) is 7.35. The molecule has 0 spiro atoms. The maximum atomic E-state index is 13.9. The van der Waals surface area contributed by atoms with Gasteiger partial charge in [-0.25, -0.2) is 9.18 Å². The molecule has 3 rings (SSSR count). The minimum absolute atomic E-state index is 0.0560. The van der Waals surface area contributed by atoms with Crippen LogP contribution in [0.3, 0.4) is 0 Å². The Labute approximate surface area is 184 Å². The molecule has 0 bridgehead atoms. The first kappa shape index (κ1) is 22.6. The van der Waals surface area contributed by atoms with Crippen LogP contribution in [0.4, 0.5) is 9.18 Å². The van der Waals surface area contributed by atoms with Crippen LogP contribution in [0.25, 0.3) is 0 Å². The van der Waals surface area contributed by atoms with E-state index in [9.17, 15) is 18.8 Å². The zero-order chi connectivity index (χ0) is 22.4. The molecule has 2 aromatic carbocycles. The average Bonchev–Trinajstić information content (AvgIpc) is 2.74. The molecule has 164 valence electrons. The molecule has 1 fully saturated rings. The number of rotatable bonds is 5. The minimum atomic E-state index is -0.803. The SMILES string of the molecule is CCOC(=O)Oc1ccc(C(=O)N2CCC(NC(=O)c3c(F)cccc3Cl)CC2)cc1. The number of halogens is 2. The van der Waals surface area contributed by atoms with Gasteiger partial charge in [0.15, 0.2) is 0 Å². The molecule has 0 aromatic heterocycles. The lowest BCUT2D eigenvalue weighted by atomic mass is 10.0. The molecule has 0 unspecified atom stereocenters. The second-order valence-electron chi connectivity index (χ2n) is 6.95. The highest BCUT2D eigenvalue weighted by atomic mass is 35.5. The summed E-state index contributed by atoms with van der Waals surface area (Å²) in [5.74, 6) is -1.12. The van der Waals surface area contributed by atoms with Crippen molar-refractivity contribution in [2.24, 2.45) is 0 Å². The van der Waals surface area contributed by atoms with Crippen LogP contribution in [0.5, 0.6) is 5.75 Å². The van der Waals surface area contributed by atoms with Gasteiger partial charge in [-0.1, -0.05) is 17.7 Å². The molecular weight excluding hydrogens is 427 g/mol. The van der Waals surface area contributed by atoms with Crippen molar-refractivity contribution in [1.29, 1.82) is 0 Å². The van der Waals surface area contributed by atoms with Crippen LogP contribution in [0.15, 0.2) is 42.5 Å². The van der Waals surface area contributed by atoms with E-state index in [1.54, 1.807) is 24.0 Å². The van der Waals surface area contributed by atoms with Gasteiger partial charge < -0.3 is 19.7 Å². The van der Waals surface area contributed by atoms with Crippen LogP contribution in [0, 0.1) is 5.82 Å². The molecule has 1 aliphatic heterocycles. The quantitative estimate of drug-likeness (QED) is 0.551. The maximum Gasteiger partial charge on any atom is 0.513 e. The highest BCUT2D eigenvalue weighted by Gasteiger charge is 2.26. The van der Waals surface area contributed by atoms with Gasteiger partial charge in [0.2, 0.25) is 0 Å². The summed E-state index contributed by atoms with van der Waals surface area (Å²) in [4.78, 5) is 38.1. The Bertz CT molecular complexity index is 939. The smallest absolute Gasteiger partial charge is 0.434 e. The minimum Gasteiger partial charge on any atom is -0.434 e. The van der Waals surface area contributed by atoms with E-state index in [0.717, 1.165) is 0 Å². The number of hydrogen-bond donors (Lipinski definition) is 1. The Morgan fingerprint density at radius 2 is 1.81 bits per heavy atom. The van der Waals surface area contributed by atoms with Crippen LogP contribution in [-0.4, -0.2) is 48.6 Å². The molecule has 1 saturated heterocycles. The van der Waals surface area contributed by atoms with Gasteiger partial charge in [-0.15, -0.1) is 0 Å². The molecule has 1 heterocycles. The summed E-state index contributed by atoms with van der Waals surface area (Å²) in [5, 5.41) is 2.85. The standard InChI is InChI=1S/C22H22ClFN2O5/c1-2-30-22(29)31-16-8-6-14(7-9-16)21(28)26-12-10-15(11-13-26)25-20(27)19-17(23)4-3-5-18(19)24/h3-9,15H,2,10-13H2,1H3,(H,25,27). The van der Waals surface area contributed by atoms with Gasteiger partial charge in [-0.3, -0.25) is 9.59 Å². The normalized spacial score (nSPS) is 14.1. The van der Waals surface area contributed by atoms with Gasteiger partial charge >= 0.3 is 6.16 Å². The summed E-state index contributed by atoms with van der Waals surface area (Å²) in [5.41, 5.74) is 0.282. The highest BCUT2D eigenvalue weighted by Crippen LogP contribution is 2.21. The summed E-state index contributed by atoms with van der Waals surface area (Å²) in [7, 11) is 0. The number of carbonyl (C=O) groups is 3. The van der Waals surface area contributed by atoms with Crippen molar-refractivity contribution >= 4 is 29.6 Å². The van der Waals surface area contributed by atoms with Crippen LogP contribution < -0.4 is 10.1 Å². The maximum absolute atomic E-state index is 13.9. The fourth-order valence-electron chi connectivity index (χ4n) is 3.29. The van der Waals surface area contributed by atoms with E-state index in [0.29, 0.717) is 31.5 Å². The van der Waals surface area contributed by atoms with Gasteiger partial charge in [-0.05, 0) is 56.2 Å². The first-order valence-electron chi connectivity index (χ1n) is 9.88. The molecule has 0 aliphatic carbocycles. The van der Waals surface area contributed by atoms with Gasteiger partial charge in [0.1, 0.15) is 11.6 Å². The van der Waals surface area contributed by atoms with Gasteiger partial charge in [0, 0.05) is 24.7 Å². The lowest BCUT2D eigenvalue weighted by Crippen LogP contribution is -2.46. The largest absolute Gasteiger partial charge is 0.513 e. The number of carbonyl (C=O) groups excluding carboxylic acids is 3. The number of nitrogens with one attached hydrogen (secondary N) is 1. The zero-order valence-electron chi connectivity index (χ0n) is 16.9. The number of likely N-dealkylation sites (tertiary alicyclic amines) is 1. The molecule has 2 aromatic rings. The van der Waals surface area contributed by atoms with E-state index in [1.165, 1.54) is 30.3 Å². The Morgan fingerprint density at radius 3 is 2.42 bits per heavy atom. The first-order chi connectivity index (χ1) is 14.9. The van der Waals surface area contributed by atoms with Crippen molar-refractivity contribution in [3.05, 3.63) is 64.4 Å². The summed E-state index contributed by atoms with van der Waals surface area (Å²) >= 11 is 5.94. The van der Waals surface area contributed by atoms with Crippen LogP contribution >= 0.6 is 11.6 Å². The van der Waals surface area contributed by atoms with Crippen LogP contribution in [0.2, 0.25) is 5.02 Å². The monoisotopic (exact) mass is 448 g/mol. The number of ether oxygens (including phenoxy) is 2. The molecule has 1 aliphatic rings. The number of benzene rings is 2. The molecule has 9 heteroatoms. The summed E-state index contributed by atoms with van der Waals surface area (Å²) in [6, 6.07) is 10.1. The van der Waals surface area contributed by atoms with Crippen molar-refractivity contribution in [3.8, 4) is 5.75 Å². The number of nitrogens with zero attached hydrogens (tertiary/aromatic N) is 1. The molecule has 7 nitrogen and oxygen atoms in total. The molecule has 1 N–H and O–H groups in total. The van der Waals surface area contributed by atoms with Crippen molar-refractivity contribution in [2.75, 3.05) is 19.7 Å². The first-order valence-corrected chi connectivity index (χ1v) is 10.3. The van der Waals surface area contributed by atoms with Crippen LogP contribution in [0.1, 0.15) is 40.5 Å². The van der Waals surface area contributed by atoms with Crippen molar-refractivity contribution < 1.29 is 28.2 Å². The molecular formula is C22H22ClFN2O5. The second kappa shape index (κ2) is 10.3. The fraction of sp³-hybridized carbons (Fsp3) is 0.318. The Morgan fingerprint density at radius 1 is 1.13 bits per heavy atom. The van der Waals surface area contributed by atoms with Crippen LogP contribution in [-0.2, 0) is 4.74 Å². The lowest BCUT2D eigenvalue weighted by molar-refractivity contribution is 0.0698. The van der Waals surface area contributed by atoms with Crippen molar-refractivity contribution in [3.63, 3.8) is 0 Å². The molecule has 0 radical (unpaired) electrons. The lowest BCUT2D eigenvalue weighted by Gasteiger charge is -2.32. The van der Waals surface area contributed by atoms with E-state index in [4.69, 9.17) is 21.1 Å². The van der Waals surface area contributed by atoms with E-state index in [1.807, 2.05) is 0 Å². The van der Waals surface area contributed by atoms with Gasteiger partial charge in [0.25, 0.3) is 11.8 Å². The van der Waals surface area contributed by atoms with Crippen molar-refractivity contribution in [1.82, 2.24) is 10.2 Å². The Kier molecular flexibility index (Phi) is 7.46. The van der Waals surface area contributed by atoms with E-state index in [2.05, 4.69) is 5.32 Å². The van der Waals surface area contributed by atoms with E-state index in [-0.39, 0.29) is 34.9 Å². The predicted octanol–water partition coefficient (Wildman–Crippen LogP) is 4.05. The molecule has 0 atom stereocenters. The predicted molar refractivity (Wildman–Crippen MR) is 112 cm³/mol. The van der Waals surface area contributed by atoms with E-state index >= 15 is 0 Å². The number of piperidine rings is 1. The van der Waals surface area contributed by atoms with Gasteiger partial charge in [0.05, 0.1) is 17.2 Å². The molecule has 31 heavy (non-hydrogen) atoms. The van der Waals surface area contributed by atoms with E-state index < -0.39 is 17.9 Å². The molecule has 0 saturated carbocycles.